The summed E-state index contributed by atoms with van der Waals surface area (Å²) in [4.78, 5) is 4.42. The van der Waals surface area contributed by atoms with Crippen LogP contribution >= 0.6 is 0 Å². The van der Waals surface area contributed by atoms with Gasteiger partial charge in [0.25, 0.3) is 0 Å². The number of anilines is 1. The molecule has 156 valence electrons. The second-order valence-corrected chi connectivity index (χ2v) is 7.45. The maximum Gasteiger partial charge on any atom is 0.416 e. The molecule has 2 aromatic heterocycles. The van der Waals surface area contributed by atoms with E-state index in [1.165, 1.54) is 6.07 Å². The van der Waals surface area contributed by atoms with Crippen molar-refractivity contribution < 1.29 is 18.3 Å². The molecule has 0 amide bonds. The first-order valence-corrected chi connectivity index (χ1v) is 9.78. The second kappa shape index (κ2) is 7.23. The third-order valence-electron chi connectivity index (χ3n) is 5.55. The third-order valence-corrected chi connectivity index (χ3v) is 5.55. The van der Waals surface area contributed by atoms with Gasteiger partial charge in [-0.05, 0) is 42.7 Å². The molecule has 2 N–H and O–H groups in total. The Morgan fingerprint density at radius 1 is 0.968 bits per heavy atom. The molecule has 0 saturated heterocycles. The van der Waals surface area contributed by atoms with Gasteiger partial charge in [-0.15, -0.1) is 10.2 Å². The number of halogens is 3. The maximum absolute atomic E-state index is 13.0. The van der Waals surface area contributed by atoms with Gasteiger partial charge in [-0.1, -0.05) is 30.3 Å². The number of benzene rings is 2. The van der Waals surface area contributed by atoms with Gasteiger partial charge in [0.2, 0.25) is 0 Å². The first kappa shape index (κ1) is 19.3. The number of hydrogen-bond donors (Lipinski definition) is 2. The zero-order valence-electron chi connectivity index (χ0n) is 16.2. The van der Waals surface area contributed by atoms with E-state index in [9.17, 15) is 18.3 Å². The summed E-state index contributed by atoms with van der Waals surface area (Å²) in [6.07, 6.45) is -1.01. The highest BCUT2D eigenvalue weighted by atomic mass is 19.4. The molecular weight excluding hydrogens is 405 g/mol. The Morgan fingerprint density at radius 3 is 2.55 bits per heavy atom. The lowest BCUT2D eigenvalue weighted by atomic mass is 10.0. The van der Waals surface area contributed by atoms with Gasteiger partial charge in [0.1, 0.15) is 11.4 Å². The van der Waals surface area contributed by atoms with E-state index in [1.54, 1.807) is 6.20 Å². The van der Waals surface area contributed by atoms with E-state index in [0.29, 0.717) is 23.0 Å². The van der Waals surface area contributed by atoms with Gasteiger partial charge in [0.05, 0.1) is 11.6 Å². The summed E-state index contributed by atoms with van der Waals surface area (Å²) in [5.41, 5.74) is 1.78. The van der Waals surface area contributed by atoms with Crippen LogP contribution in [0.25, 0.3) is 22.0 Å². The Morgan fingerprint density at radius 2 is 1.77 bits per heavy atom. The number of phenols is 1. The van der Waals surface area contributed by atoms with Gasteiger partial charge in [-0.3, -0.25) is 4.98 Å². The molecule has 4 aromatic rings. The van der Waals surface area contributed by atoms with Gasteiger partial charge in [0.15, 0.2) is 5.82 Å². The van der Waals surface area contributed by atoms with E-state index in [1.807, 2.05) is 36.4 Å². The Kier molecular flexibility index (Phi) is 4.50. The summed E-state index contributed by atoms with van der Waals surface area (Å²) < 4.78 is 38.9. The molecule has 0 fully saturated rings. The molecule has 2 heterocycles. The summed E-state index contributed by atoms with van der Waals surface area (Å²) in [7, 11) is 0. The zero-order chi connectivity index (χ0) is 21.6. The molecule has 0 spiro atoms. The number of aryl methyl sites for hydroxylation is 1. The molecular formula is C23H17F3N4O. The molecule has 0 saturated carbocycles. The van der Waals surface area contributed by atoms with Crippen molar-refractivity contribution >= 4 is 16.6 Å². The Labute approximate surface area is 175 Å². The van der Waals surface area contributed by atoms with Gasteiger partial charge in [0, 0.05) is 28.2 Å². The number of nitrogens with one attached hydrogen (secondary N) is 1. The van der Waals surface area contributed by atoms with Crippen LogP contribution < -0.4 is 5.32 Å². The SMILES string of the molecule is Oc1cc(C(F)(F)F)ccc1-c1nnc(N[C@@H]2CCc3ncccc32)c2ccccc12. The van der Waals surface area contributed by atoms with Crippen LogP contribution in [0.3, 0.4) is 0 Å². The topological polar surface area (TPSA) is 70.9 Å². The number of hydrogen-bond acceptors (Lipinski definition) is 5. The van der Waals surface area contributed by atoms with Crippen LogP contribution in [0, 0.1) is 0 Å². The molecule has 31 heavy (non-hydrogen) atoms. The molecule has 1 atom stereocenters. The van der Waals surface area contributed by atoms with Crippen LogP contribution in [-0.2, 0) is 12.6 Å². The van der Waals surface area contributed by atoms with Crippen LogP contribution in [0.5, 0.6) is 5.75 Å². The monoisotopic (exact) mass is 422 g/mol. The average molecular weight is 422 g/mol. The van der Waals surface area contributed by atoms with Gasteiger partial charge < -0.3 is 10.4 Å². The van der Waals surface area contributed by atoms with E-state index in [4.69, 9.17) is 0 Å². The predicted molar refractivity (Wildman–Crippen MR) is 111 cm³/mol. The molecule has 1 aliphatic rings. The van der Waals surface area contributed by atoms with E-state index < -0.39 is 17.5 Å². The second-order valence-electron chi connectivity index (χ2n) is 7.45. The summed E-state index contributed by atoms with van der Waals surface area (Å²) in [6, 6.07) is 14.2. The Balaban J connectivity index is 1.56. The molecule has 0 bridgehead atoms. The third kappa shape index (κ3) is 3.43. The smallest absolute Gasteiger partial charge is 0.416 e. The first-order chi connectivity index (χ1) is 14.9. The Hall–Kier alpha value is -3.68. The van der Waals surface area contributed by atoms with Crippen LogP contribution in [0.4, 0.5) is 19.0 Å². The van der Waals surface area contributed by atoms with E-state index in [2.05, 4.69) is 20.5 Å². The average Bonchev–Trinajstić information content (AvgIpc) is 3.16. The van der Waals surface area contributed by atoms with E-state index >= 15 is 0 Å². The number of fused-ring (bicyclic) bond motifs is 2. The molecule has 0 radical (unpaired) electrons. The van der Waals surface area contributed by atoms with Crippen LogP contribution in [0.1, 0.15) is 29.3 Å². The molecule has 1 aliphatic carbocycles. The number of aromatic hydroxyl groups is 1. The van der Waals surface area contributed by atoms with Crippen molar-refractivity contribution in [2.45, 2.75) is 25.1 Å². The number of phenolic OH excluding ortho intramolecular Hbond substituents is 1. The fourth-order valence-corrected chi connectivity index (χ4v) is 4.05. The number of rotatable bonds is 3. The molecule has 0 aliphatic heterocycles. The molecule has 2 aromatic carbocycles. The van der Waals surface area contributed by atoms with Gasteiger partial charge >= 0.3 is 6.18 Å². The normalized spacial score (nSPS) is 15.8. The minimum absolute atomic E-state index is 0.0479. The minimum Gasteiger partial charge on any atom is -0.507 e. The van der Waals surface area contributed by atoms with Crippen LogP contribution in [0.2, 0.25) is 0 Å². The lowest BCUT2D eigenvalue weighted by molar-refractivity contribution is -0.137. The van der Waals surface area contributed by atoms with Crippen molar-refractivity contribution in [1.82, 2.24) is 15.2 Å². The van der Waals surface area contributed by atoms with Crippen molar-refractivity contribution in [3.63, 3.8) is 0 Å². The number of alkyl halides is 3. The summed E-state index contributed by atoms with van der Waals surface area (Å²) in [6.45, 7) is 0. The van der Waals surface area contributed by atoms with Crippen molar-refractivity contribution in [2.24, 2.45) is 0 Å². The maximum atomic E-state index is 13.0. The van der Waals surface area contributed by atoms with E-state index in [0.717, 1.165) is 35.6 Å². The van der Waals surface area contributed by atoms with E-state index in [-0.39, 0.29) is 11.6 Å². The molecule has 0 unspecified atom stereocenters. The molecule has 8 heteroatoms. The quantitative estimate of drug-likeness (QED) is 0.455. The number of pyridine rings is 1. The van der Waals surface area contributed by atoms with Gasteiger partial charge in [-0.25, -0.2) is 0 Å². The van der Waals surface area contributed by atoms with Crippen molar-refractivity contribution in [3.05, 3.63) is 77.6 Å². The van der Waals surface area contributed by atoms with Crippen LogP contribution in [-0.4, -0.2) is 20.3 Å². The standard InChI is InChI=1S/C23H17F3N4O/c24-23(25,26)13-7-8-17(20(31)12-13)21-14-4-1-2-5-15(14)22(30-29-21)28-19-10-9-18-16(19)6-3-11-27-18/h1-8,11-12,19,31H,9-10H2,(H,28,30)/t19-/m1/s1. The van der Waals surface area contributed by atoms with Crippen molar-refractivity contribution in [2.75, 3.05) is 5.32 Å². The number of nitrogens with zero attached hydrogens (tertiary/aromatic N) is 3. The lowest BCUT2D eigenvalue weighted by Gasteiger charge is -2.17. The highest BCUT2D eigenvalue weighted by Crippen LogP contribution is 2.39. The first-order valence-electron chi connectivity index (χ1n) is 9.78. The van der Waals surface area contributed by atoms with Crippen LogP contribution in [0.15, 0.2) is 60.8 Å². The predicted octanol–water partition coefficient (Wildman–Crippen LogP) is 5.52. The molecule has 5 nitrogen and oxygen atoms in total. The minimum atomic E-state index is -4.54. The van der Waals surface area contributed by atoms with Crippen molar-refractivity contribution in [1.29, 1.82) is 0 Å². The summed E-state index contributed by atoms with van der Waals surface area (Å²) >= 11 is 0. The Bertz CT molecular complexity index is 1290. The van der Waals surface area contributed by atoms with Crippen molar-refractivity contribution in [3.8, 4) is 17.0 Å². The van der Waals surface area contributed by atoms with Gasteiger partial charge in [-0.2, -0.15) is 13.2 Å². The zero-order valence-corrected chi connectivity index (χ0v) is 16.2. The lowest BCUT2D eigenvalue weighted by Crippen LogP contribution is -2.10. The summed E-state index contributed by atoms with van der Waals surface area (Å²) in [5, 5.41) is 23.7. The highest BCUT2D eigenvalue weighted by Gasteiger charge is 2.31. The fraction of sp³-hybridized carbons (Fsp3) is 0.174. The molecule has 5 rings (SSSR count). The summed E-state index contributed by atoms with van der Waals surface area (Å²) in [5.74, 6) is 0.0817. The largest absolute Gasteiger partial charge is 0.507 e. The fourth-order valence-electron chi connectivity index (χ4n) is 4.05. The number of aromatic nitrogens is 3. The highest BCUT2D eigenvalue weighted by molar-refractivity contribution is 6.01.